The van der Waals surface area contributed by atoms with E-state index in [9.17, 15) is 10.1 Å². The first kappa shape index (κ1) is 12.2. The Morgan fingerprint density at radius 2 is 2.00 bits per heavy atom. The van der Waals surface area contributed by atoms with E-state index in [1.807, 2.05) is 0 Å². The molecule has 0 amide bonds. The first-order valence-electron chi connectivity index (χ1n) is 4.31. The molecule has 9 nitrogen and oxygen atoms in total. The van der Waals surface area contributed by atoms with E-state index in [-0.39, 0.29) is 23.4 Å². The van der Waals surface area contributed by atoms with Crippen LogP contribution in [0.3, 0.4) is 0 Å². The van der Waals surface area contributed by atoms with Gasteiger partial charge in [0.15, 0.2) is 5.96 Å². The van der Waals surface area contributed by atoms with Crippen molar-refractivity contribution in [2.75, 3.05) is 0 Å². The van der Waals surface area contributed by atoms with Gasteiger partial charge in [-0.15, -0.1) is 0 Å². The Kier molecular flexibility index (Phi) is 3.44. The van der Waals surface area contributed by atoms with Crippen molar-refractivity contribution < 1.29 is 10.0 Å². The Morgan fingerprint density at radius 1 is 1.35 bits per heavy atom. The summed E-state index contributed by atoms with van der Waals surface area (Å²) in [6, 6.07) is 3.40. The van der Waals surface area contributed by atoms with E-state index in [2.05, 4.69) is 9.98 Å². The maximum atomic E-state index is 10.7. The molecule has 1 rings (SSSR count). The van der Waals surface area contributed by atoms with Gasteiger partial charge in [-0.1, -0.05) is 0 Å². The number of hydrogen-bond acceptors (Lipinski definition) is 4. The van der Waals surface area contributed by atoms with E-state index in [0.717, 1.165) is 6.07 Å². The highest BCUT2D eigenvalue weighted by Gasteiger charge is 2.14. The highest BCUT2D eigenvalue weighted by molar-refractivity contribution is 5.94. The first-order chi connectivity index (χ1) is 7.90. The molecular formula is C8H10N6O3. The maximum absolute atomic E-state index is 10.7. The van der Waals surface area contributed by atoms with Gasteiger partial charge in [-0.05, 0) is 12.1 Å². The Balaban J connectivity index is 3.23. The van der Waals surface area contributed by atoms with Gasteiger partial charge in [0, 0.05) is 0 Å². The quantitative estimate of drug-likeness (QED) is 0.235. The summed E-state index contributed by atoms with van der Waals surface area (Å²) in [6.45, 7) is 0. The number of nitro benzene ring substituents is 1. The molecular weight excluding hydrogens is 228 g/mol. The Morgan fingerprint density at radius 3 is 2.53 bits per heavy atom. The number of rotatable bonds is 2. The molecule has 9 heteroatoms. The van der Waals surface area contributed by atoms with Gasteiger partial charge in [0.05, 0.1) is 11.0 Å². The van der Waals surface area contributed by atoms with Crippen molar-refractivity contribution in [2.24, 2.45) is 27.2 Å². The summed E-state index contributed by atoms with van der Waals surface area (Å²) in [4.78, 5) is 17.0. The van der Waals surface area contributed by atoms with Crippen LogP contribution in [0.2, 0.25) is 0 Å². The molecule has 0 aliphatic carbocycles. The van der Waals surface area contributed by atoms with E-state index in [1.54, 1.807) is 0 Å². The molecule has 0 aliphatic rings. The predicted molar refractivity (Wildman–Crippen MR) is 61.9 cm³/mol. The predicted octanol–water partition coefficient (Wildman–Crippen LogP) is -0.480. The van der Waals surface area contributed by atoms with Crippen LogP contribution in [-0.4, -0.2) is 21.9 Å². The van der Waals surface area contributed by atoms with Crippen LogP contribution >= 0.6 is 0 Å². The zero-order valence-corrected chi connectivity index (χ0v) is 8.57. The number of phenolic OH excluding ortho intramolecular Hbond substituents is 1. The summed E-state index contributed by atoms with van der Waals surface area (Å²) in [5, 5.41) is 19.8. The number of guanidine groups is 2. The summed E-state index contributed by atoms with van der Waals surface area (Å²) < 4.78 is 0. The van der Waals surface area contributed by atoms with Crippen LogP contribution in [0.5, 0.6) is 5.75 Å². The van der Waals surface area contributed by atoms with Crippen molar-refractivity contribution in [1.29, 1.82) is 0 Å². The van der Waals surface area contributed by atoms with Crippen molar-refractivity contribution in [3.63, 3.8) is 0 Å². The van der Waals surface area contributed by atoms with Gasteiger partial charge in [-0.2, -0.15) is 4.99 Å². The molecule has 0 unspecified atom stereocenters. The van der Waals surface area contributed by atoms with Gasteiger partial charge in [0.25, 0.3) is 5.69 Å². The second kappa shape index (κ2) is 4.79. The number of benzene rings is 1. The fraction of sp³-hybridized carbons (Fsp3) is 0. The van der Waals surface area contributed by atoms with Gasteiger partial charge >= 0.3 is 0 Å². The Bertz CT molecular complexity index is 506. The van der Waals surface area contributed by atoms with Crippen molar-refractivity contribution in [3.8, 4) is 5.75 Å². The van der Waals surface area contributed by atoms with Crippen LogP contribution in [0.15, 0.2) is 28.2 Å². The molecule has 17 heavy (non-hydrogen) atoms. The number of nitrogens with zero attached hydrogens (tertiary/aromatic N) is 3. The fourth-order valence-electron chi connectivity index (χ4n) is 1.03. The number of aliphatic imine (C=N–C) groups is 2. The molecule has 0 saturated carbocycles. The van der Waals surface area contributed by atoms with E-state index in [1.165, 1.54) is 12.1 Å². The molecule has 90 valence electrons. The van der Waals surface area contributed by atoms with Crippen molar-refractivity contribution in [1.82, 2.24) is 0 Å². The van der Waals surface area contributed by atoms with Crippen molar-refractivity contribution in [3.05, 3.63) is 28.3 Å². The fourth-order valence-corrected chi connectivity index (χ4v) is 1.03. The minimum atomic E-state index is -0.707. The van der Waals surface area contributed by atoms with Gasteiger partial charge < -0.3 is 22.3 Å². The van der Waals surface area contributed by atoms with Gasteiger partial charge in [-0.3, -0.25) is 10.1 Å². The summed E-state index contributed by atoms with van der Waals surface area (Å²) in [5.41, 5.74) is 15.0. The van der Waals surface area contributed by atoms with E-state index in [0.29, 0.717) is 0 Å². The highest BCUT2D eigenvalue weighted by atomic mass is 16.6. The SMILES string of the molecule is NC(N)=NC(N)=Nc1ccc(O)cc1[N+](=O)[O-]. The minimum Gasteiger partial charge on any atom is -0.508 e. The van der Waals surface area contributed by atoms with Crippen LogP contribution in [0.1, 0.15) is 0 Å². The molecule has 0 heterocycles. The molecule has 0 aliphatic heterocycles. The lowest BCUT2D eigenvalue weighted by molar-refractivity contribution is -0.384. The molecule has 0 atom stereocenters. The second-order valence-corrected chi connectivity index (χ2v) is 2.94. The van der Waals surface area contributed by atoms with Crippen LogP contribution in [0.4, 0.5) is 11.4 Å². The molecule has 0 aromatic heterocycles. The van der Waals surface area contributed by atoms with Gasteiger partial charge in [0.1, 0.15) is 11.4 Å². The summed E-state index contributed by atoms with van der Waals surface area (Å²) in [6.07, 6.45) is 0. The monoisotopic (exact) mass is 238 g/mol. The lowest BCUT2D eigenvalue weighted by Gasteiger charge is -1.99. The molecule has 1 aromatic rings. The van der Waals surface area contributed by atoms with Crippen LogP contribution < -0.4 is 17.2 Å². The number of hydrogen-bond donors (Lipinski definition) is 4. The summed E-state index contributed by atoms with van der Waals surface area (Å²) in [7, 11) is 0. The topological polar surface area (TPSA) is 166 Å². The van der Waals surface area contributed by atoms with Crippen LogP contribution in [0, 0.1) is 10.1 Å². The average Bonchev–Trinajstić information content (AvgIpc) is 2.19. The minimum absolute atomic E-state index is 0.0599. The second-order valence-electron chi connectivity index (χ2n) is 2.94. The van der Waals surface area contributed by atoms with Crippen LogP contribution in [-0.2, 0) is 0 Å². The zero-order chi connectivity index (χ0) is 13.0. The third kappa shape index (κ3) is 3.34. The molecule has 0 radical (unpaired) electrons. The third-order valence-electron chi connectivity index (χ3n) is 1.63. The Labute approximate surface area is 95.4 Å². The molecule has 0 bridgehead atoms. The van der Waals surface area contributed by atoms with Gasteiger partial charge in [0.2, 0.25) is 5.96 Å². The largest absolute Gasteiger partial charge is 0.508 e. The zero-order valence-electron chi connectivity index (χ0n) is 8.57. The molecule has 7 N–H and O–H groups in total. The van der Waals surface area contributed by atoms with Crippen molar-refractivity contribution >= 4 is 23.3 Å². The van der Waals surface area contributed by atoms with Gasteiger partial charge in [-0.25, -0.2) is 4.99 Å². The number of nitro groups is 1. The molecule has 0 spiro atoms. The molecule has 0 saturated heterocycles. The lowest BCUT2D eigenvalue weighted by Crippen LogP contribution is -2.26. The van der Waals surface area contributed by atoms with E-state index < -0.39 is 10.6 Å². The van der Waals surface area contributed by atoms with Crippen LogP contribution in [0.25, 0.3) is 0 Å². The first-order valence-corrected chi connectivity index (χ1v) is 4.31. The molecule has 1 aromatic carbocycles. The third-order valence-corrected chi connectivity index (χ3v) is 1.63. The number of phenols is 1. The summed E-state index contributed by atoms with van der Waals surface area (Å²) in [5.74, 6) is -0.887. The highest BCUT2D eigenvalue weighted by Crippen LogP contribution is 2.30. The smallest absolute Gasteiger partial charge is 0.298 e. The maximum Gasteiger partial charge on any atom is 0.298 e. The summed E-state index contributed by atoms with van der Waals surface area (Å²) >= 11 is 0. The standard InChI is InChI=1S/C8H10N6O3/c9-7(10)13-8(11)12-5-2-1-4(15)3-6(5)14(16)17/h1-3,15H,(H6,9,10,11,12,13). The number of aromatic hydroxyl groups is 1. The molecule has 0 fully saturated rings. The normalized spacial score (nSPS) is 10.9. The number of nitrogens with two attached hydrogens (primary N) is 3. The van der Waals surface area contributed by atoms with E-state index in [4.69, 9.17) is 22.3 Å². The lowest BCUT2D eigenvalue weighted by atomic mass is 10.2. The van der Waals surface area contributed by atoms with E-state index >= 15 is 0 Å². The average molecular weight is 238 g/mol. The Hall–Kier alpha value is -2.84. The van der Waals surface area contributed by atoms with Crippen molar-refractivity contribution in [2.45, 2.75) is 0 Å².